The van der Waals surface area contributed by atoms with Gasteiger partial charge in [0.15, 0.2) is 0 Å². The van der Waals surface area contributed by atoms with Gasteiger partial charge < -0.3 is 9.64 Å². The van der Waals surface area contributed by atoms with Crippen molar-refractivity contribution in [3.05, 3.63) is 83.0 Å². The maximum absolute atomic E-state index is 13.3. The molecular weight excluding hydrogens is 442 g/mol. The van der Waals surface area contributed by atoms with Crippen LogP contribution in [0.4, 0.5) is 5.69 Å². The van der Waals surface area contributed by atoms with Crippen molar-refractivity contribution in [2.75, 3.05) is 17.2 Å². The molecule has 1 unspecified atom stereocenters. The monoisotopic (exact) mass is 477 g/mol. The van der Waals surface area contributed by atoms with E-state index in [4.69, 9.17) is 4.74 Å². The number of fused-ring (bicyclic) bond motifs is 1. The molecule has 2 aliphatic heterocycles. The Balaban J connectivity index is 0.00000158. The van der Waals surface area contributed by atoms with E-state index >= 15 is 0 Å². The summed E-state index contributed by atoms with van der Waals surface area (Å²) in [7, 11) is 0. The van der Waals surface area contributed by atoms with Gasteiger partial charge in [-0.2, -0.15) is 0 Å². The molecule has 1 atom stereocenters. The predicted molar refractivity (Wildman–Crippen MR) is 144 cm³/mol. The largest absolute Gasteiger partial charge is 0.460 e. The van der Waals surface area contributed by atoms with E-state index < -0.39 is 11.5 Å². The Bertz CT molecular complexity index is 1100. The highest BCUT2D eigenvalue weighted by molar-refractivity contribution is 8.08. The summed E-state index contributed by atoms with van der Waals surface area (Å²) in [4.78, 5) is 28.9. The minimum Gasteiger partial charge on any atom is -0.460 e. The molecule has 1 fully saturated rings. The molecule has 5 heteroatoms. The van der Waals surface area contributed by atoms with E-state index in [2.05, 4.69) is 24.3 Å². The molecule has 0 N–H and O–H groups in total. The number of hydrogen-bond donors (Lipinski definition) is 0. The van der Waals surface area contributed by atoms with E-state index in [-0.39, 0.29) is 11.9 Å². The number of esters is 1. The van der Waals surface area contributed by atoms with Gasteiger partial charge in [-0.25, -0.2) is 0 Å². The van der Waals surface area contributed by atoms with E-state index in [9.17, 15) is 9.59 Å². The van der Waals surface area contributed by atoms with Gasteiger partial charge in [-0.1, -0.05) is 50.3 Å². The van der Waals surface area contributed by atoms with Crippen molar-refractivity contribution in [2.24, 2.45) is 0 Å². The Morgan fingerprint density at radius 1 is 1.12 bits per heavy atom. The van der Waals surface area contributed by atoms with Gasteiger partial charge in [0.05, 0.1) is 18.2 Å². The van der Waals surface area contributed by atoms with Crippen LogP contribution >= 0.6 is 11.8 Å². The van der Waals surface area contributed by atoms with Gasteiger partial charge in [0.25, 0.3) is 5.91 Å². The summed E-state index contributed by atoms with van der Waals surface area (Å²) in [5, 5.41) is 0. The van der Waals surface area contributed by atoms with Gasteiger partial charge in [0, 0.05) is 21.8 Å². The first-order valence-corrected chi connectivity index (χ1v) is 13.0. The van der Waals surface area contributed by atoms with Gasteiger partial charge in [-0.15, -0.1) is 11.8 Å². The van der Waals surface area contributed by atoms with Crippen LogP contribution in [0.3, 0.4) is 0 Å². The number of ether oxygens (including phenoxy) is 1. The SMILES string of the molecule is CC.CC(C(=O)OC(C)(C)C)c1ccc(N2CC3=CCC=CC=C3C2=O)c(C2=CC=CCS2)c1. The molecule has 0 radical (unpaired) electrons. The van der Waals surface area contributed by atoms with Crippen LogP contribution in [-0.4, -0.2) is 29.8 Å². The third-order valence-corrected chi connectivity index (χ3v) is 6.63. The minimum atomic E-state index is -0.534. The van der Waals surface area contributed by atoms with E-state index in [1.807, 2.05) is 82.9 Å². The lowest BCUT2D eigenvalue weighted by Crippen LogP contribution is -2.27. The highest BCUT2D eigenvalue weighted by atomic mass is 32.2. The zero-order valence-electron chi connectivity index (χ0n) is 21.1. The van der Waals surface area contributed by atoms with E-state index in [1.54, 1.807) is 11.8 Å². The number of carbonyl (C=O) groups excluding carboxylic acids is 2. The van der Waals surface area contributed by atoms with Gasteiger partial charge in [-0.05, 0) is 69.5 Å². The van der Waals surface area contributed by atoms with Crippen molar-refractivity contribution in [3.8, 4) is 0 Å². The average Bonchev–Trinajstić information content (AvgIpc) is 2.98. The number of allylic oxidation sites excluding steroid dienone is 6. The molecule has 0 aromatic heterocycles. The number of thioether (sulfide) groups is 1. The third-order valence-electron chi connectivity index (χ3n) is 5.61. The zero-order valence-corrected chi connectivity index (χ0v) is 21.9. The van der Waals surface area contributed by atoms with Crippen molar-refractivity contribution in [3.63, 3.8) is 0 Å². The second kappa shape index (κ2) is 11.1. The van der Waals surface area contributed by atoms with Crippen LogP contribution in [0.1, 0.15) is 65.0 Å². The quantitative estimate of drug-likeness (QED) is 0.440. The van der Waals surface area contributed by atoms with Crippen molar-refractivity contribution in [2.45, 2.75) is 59.5 Å². The van der Waals surface area contributed by atoms with Gasteiger partial charge in [0.1, 0.15) is 5.60 Å². The molecule has 0 spiro atoms. The van der Waals surface area contributed by atoms with Crippen LogP contribution in [0.5, 0.6) is 0 Å². The van der Waals surface area contributed by atoms with Crippen LogP contribution < -0.4 is 4.90 Å². The Hall–Kier alpha value is -2.79. The molecule has 3 aliphatic rings. The summed E-state index contributed by atoms with van der Waals surface area (Å²) in [6, 6.07) is 5.97. The number of rotatable bonds is 4. The molecular formula is C29H35NO3S. The van der Waals surface area contributed by atoms with Gasteiger partial charge >= 0.3 is 5.97 Å². The minimum absolute atomic E-state index is 0.0222. The summed E-state index contributed by atoms with van der Waals surface area (Å²) >= 11 is 1.74. The third kappa shape index (κ3) is 5.82. The molecule has 1 aromatic rings. The lowest BCUT2D eigenvalue weighted by Gasteiger charge is -2.25. The summed E-state index contributed by atoms with van der Waals surface area (Å²) in [5.74, 6) is 0.256. The smallest absolute Gasteiger partial charge is 0.313 e. The first-order chi connectivity index (χ1) is 16.2. The Morgan fingerprint density at radius 3 is 2.53 bits per heavy atom. The topological polar surface area (TPSA) is 46.6 Å². The van der Waals surface area contributed by atoms with Crippen LogP contribution in [0.25, 0.3) is 4.91 Å². The number of amides is 1. The number of anilines is 1. The first-order valence-electron chi connectivity index (χ1n) is 12.0. The number of hydrogen-bond acceptors (Lipinski definition) is 4. The zero-order chi connectivity index (χ0) is 24.9. The molecule has 0 saturated carbocycles. The second-order valence-electron chi connectivity index (χ2n) is 9.17. The first kappa shape index (κ1) is 25.8. The van der Waals surface area contributed by atoms with Crippen LogP contribution in [0.15, 0.2) is 71.9 Å². The fraction of sp³-hybridized carbons (Fsp3) is 0.379. The molecule has 34 heavy (non-hydrogen) atoms. The maximum Gasteiger partial charge on any atom is 0.313 e. The van der Waals surface area contributed by atoms with E-state index in [0.29, 0.717) is 6.54 Å². The summed E-state index contributed by atoms with van der Waals surface area (Å²) in [6.45, 7) is 12.1. The molecule has 2 heterocycles. The van der Waals surface area contributed by atoms with Crippen LogP contribution in [0, 0.1) is 0 Å². The summed E-state index contributed by atoms with van der Waals surface area (Å²) in [5.41, 5.74) is 4.05. The molecule has 180 valence electrons. The van der Waals surface area contributed by atoms with Crippen molar-refractivity contribution >= 4 is 34.2 Å². The molecule has 4 nitrogen and oxygen atoms in total. The number of carbonyl (C=O) groups is 2. The standard InChI is InChI=1S/C27H29NO3S.C2H6/c1-18(26(30)31-27(2,3)4)19-13-14-23(22(16-19)24-12-8-9-15-32-24)28-17-20-10-6-5-7-11-21(20)25(28)29;1-2/h5,7-14,16,18H,6,15,17H2,1-4H3;1-2H3. The van der Waals surface area contributed by atoms with Crippen LogP contribution in [0.2, 0.25) is 0 Å². The Morgan fingerprint density at radius 2 is 1.85 bits per heavy atom. The fourth-order valence-corrected chi connectivity index (χ4v) is 4.84. The second-order valence-corrected chi connectivity index (χ2v) is 10.2. The lowest BCUT2D eigenvalue weighted by molar-refractivity contribution is -0.156. The van der Waals surface area contributed by atoms with Crippen molar-refractivity contribution in [1.82, 2.24) is 0 Å². The molecule has 1 aliphatic carbocycles. The average molecular weight is 478 g/mol. The molecule has 4 rings (SSSR count). The predicted octanol–water partition coefficient (Wildman–Crippen LogP) is 6.96. The van der Waals surface area contributed by atoms with Crippen LogP contribution in [-0.2, 0) is 14.3 Å². The molecule has 1 amide bonds. The van der Waals surface area contributed by atoms with Crippen molar-refractivity contribution < 1.29 is 14.3 Å². The lowest BCUT2D eigenvalue weighted by atomic mass is 9.97. The van der Waals surface area contributed by atoms with E-state index in [0.717, 1.165) is 45.0 Å². The summed E-state index contributed by atoms with van der Waals surface area (Å²) in [6.07, 6.45) is 15.1. The number of benzene rings is 1. The van der Waals surface area contributed by atoms with Crippen molar-refractivity contribution in [1.29, 1.82) is 0 Å². The van der Waals surface area contributed by atoms with E-state index in [1.165, 1.54) is 0 Å². The number of nitrogens with zero attached hydrogens (tertiary/aromatic N) is 1. The normalized spacial score (nSPS) is 18.1. The Labute approximate surface area is 208 Å². The fourth-order valence-electron chi connectivity index (χ4n) is 3.96. The van der Waals surface area contributed by atoms with Gasteiger partial charge in [0.2, 0.25) is 0 Å². The molecule has 1 saturated heterocycles. The summed E-state index contributed by atoms with van der Waals surface area (Å²) < 4.78 is 5.61. The molecule has 0 bridgehead atoms. The Kier molecular flexibility index (Phi) is 8.42. The highest BCUT2D eigenvalue weighted by Crippen LogP contribution is 2.41. The molecule has 1 aromatic carbocycles. The van der Waals surface area contributed by atoms with Gasteiger partial charge in [-0.3, -0.25) is 9.59 Å². The maximum atomic E-state index is 13.3. The highest BCUT2D eigenvalue weighted by Gasteiger charge is 2.33.